The van der Waals surface area contributed by atoms with E-state index in [2.05, 4.69) is 5.32 Å². The van der Waals surface area contributed by atoms with Crippen molar-refractivity contribution in [2.45, 2.75) is 13.1 Å². The Morgan fingerprint density at radius 2 is 1.75 bits per heavy atom. The maximum absolute atomic E-state index is 12.1. The predicted octanol–water partition coefficient (Wildman–Crippen LogP) is 1.84. The SMILES string of the molecule is CC(=O)Nc1ccc(NC(=O)C(F)(F)F)c(C(=O)O)c1. The van der Waals surface area contributed by atoms with E-state index in [9.17, 15) is 27.6 Å². The van der Waals surface area contributed by atoms with Crippen molar-refractivity contribution < 1.29 is 32.7 Å². The van der Waals surface area contributed by atoms with Gasteiger partial charge in [-0.15, -0.1) is 0 Å². The first kappa shape index (κ1) is 15.5. The molecule has 0 spiro atoms. The van der Waals surface area contributed by atoms with Crippen molar-refractivity contribution >= 4 is 29.2 Å². The van der Waals surface area contributed by atoms with Gasteiger partial charge in [-0.05, 0) is 18.2 Å². The molecule has 3 N–H and O–H groups in total. The zero-order valence-corrected chi connectivity index (χ0v) is 10.0. The van der Waals surface area contributed by atoms with Crippen LogP contribution in [-0.4, -0.2) is 29.1 Å². The molecule has 0 saturated carbocycles. The second kappa shape index (κ2) is 5.59. The van der Waals surface area contributed by atoms with Crippen molar-refractivity contribution in [1.29, 1.82) is 0 Å². The topological polar surface area (TPSA) is 95.5 Å². The van der Waals surface area contributed by atoms with Gasteiger partial charge in [-0.2, -0.15) is 13.2 Å². The van der Waals surface area contributed by atoms with E-state index in [0.717, 1.165) is 12.1 Å². The molecule has 108 valence electrons. The fraction of sp³-hybridized carbons (Fsp3) is 0.182. The van der Waals surface area contributed by atoms with Gasteiger partial charge in [0.15, 0.2) is 0 Å². The molecule has 0 heterocycles. The lowest BCUT2D eigenvalue weighted by molar-refractivity contribution is -0.167. The summed E-state index contributed by atoms with van der Waals surface area (Å²) >= 11 is 0. The van der Waals surface area contributed by atoms with Gasteiger partial charge >= 0.3 is 18.1 Å². The summed E-state index contributed by atoms with van der Waals surface area (Å²) in [5.74, 6) is -4.31. The number of nitrogens with one attached hydrogen (secondary N) is 2. The van der Waals surface area contributed by atoms with Gasteiger partial charge in [-0.1, -0.05) is 0 Å². The fourth-order valence-corrected chi connectivity index (χ4v) is 1.30. The monoisotopic (exact) mass is 290 g/mol. The van der Waals surface area contributed by atoms with Crippen molar-refractivity contribution in [3.8, 4) is 0 Å². The van der Waals surface area contributed by atoms with Crippen LogP contribution < -0.4 is 10.6 Å². The molecule has 1 aromatic rings. The normalized spacial score (nSPS) is 10.8. The Morgan fingerprint density at radius 3 is 2.20 bits per heavy atom. The molecular formula is C11H9F3N2O4. The van der Waals surface area contributed by atoms with Gasteiger partial charge in [-0.25, -0.2) is 4.79 Å². The summed E-state index contributed by atoms with van der Waals surface area (Å²) in [5.41, 5.74) is -1.01. The van der Waals surface area contributed by atoms with E-state index < -0.39 is 35.2 Å². The summed E-state index contributed by atoms with van der Waals surface area (Å²) < 4.78 is 36.3. The smallest absolute Gasteiger partial charge is 0.471 e. The van der Waals surface area contributed by atoms with Crippen LogP contribution in [0.25, 0.3) is 0 Å². The number of alkyl halides is 3. The summed E-state index contributed by atoms with van der Waals surface area (Å²) in [5, 5.41) is 12.6. The molecule has 6 nitrogen and oxygen atoms in total. The average molecular weight is 290 g/mol. The van der Waals surface area contributed by atoms with Gasteiger partial charge in [0.1, 0.15) is 0 Å². The van der Waals surface area contributed by atoms with Gasteiger partial charge in [0, 0.05) is 12.6 Å². The third-order valence-corrected chi connectivity index (χ3v) is 2.08. The van der Waals surface area contributed by atoms with Crippen molar-refractivity contribution in [3.05, 3.63) is 23.8 Å². The number of carbonyl (C=O) groups excluding carboxylic acids is 2. The van der Waals surface area contributed by atoms with Crippen molar-refractivity contribution in [1.82, 2.24) is 0 Å². The molecule has 0 aliphatic rings. The Balaban J connectivity index is 3.11. The van der Waals surface area contributed by atoms with Crippen LogP contribution in [0.3, 0.4) is 0 Å². The molecule has 0 atom stereocenters. The number of amides is 2. The van der Waals surface area contributed by atoms with Crippen LogP contribution in [0.4, 0.5) is 24.5 Å². The molecule has 1 rings (SSSR count). The highest BCUT2D eigenvalue weighted by molar-refractivity contribution is 6.03. The molecule has 20 heavy (non-hydrogen) atoms. The maximum atomic E-state index is 12.1. The van der Waals surface area contributed by atoms with Gasteiger partial charge < -0.3 is 15.7 Å². The summed E-state index contributed by atoms with van der Waals surface area (Å²) in [6.07, 6.45) is -5.13. The quantitative estimate of drug-likeness (QED) is 0.791. The van der Waals surface area contributed by atoms with E-state index in [1.165, 1.54) is 18.3 Å². The lowest BCUT2D eigenvalue weighted by Gasteiger charge is -2.12. The molecule has 0 fully saturated rings. The Morgan fingerprint density at radius 1 is 1.15 bits per heavy atom. The molecule has 0 saturated heterocycles. The lowest BCUT2D eigenvalue weighted by Crippen LogP contribution is -2.30. The van der Waals surface area contributed by atoms with E-state index in [0.29, 0.717) is 0 Å². The highest BCUT2D eigenvalue weighted by Crippen LogP contribution is 2.24. The van der Waals surface area contributed by atoms with Crippen molar-refractivity contribution in [2.75, 3.05) is 10.6 Å². The summed E-state index contributed by atoms with van der Waals surface area (Å²) in [7, 11) is 0. The Kier molecular flexibility index (Phi) is 4.33. The second-order valence-corrected chi connectivity index (χ2v) is 3.70. The number of carbonyl (C=O) groups is 3. The largest absolute Gasteiger partial charge is 0.478 e. The van der Waals surface area contributed by atoms with Gasteiger partial charge in [0.05, 0.1) is 11.3 Å². The molecule has 0 aromatic heterocycles. The molecule has 1 aromatic carbocycles. The van der Waals surface area contributed by atoms with E-state index in [1.807, 2.05) is 0 Å². The molecule has 0 aliphatic carbocycles. The first-order chi connectivity index (χ1) is 9.11. The van der Waals surface area contributed by atoms with Crippen LogP contribution in [0, 0.1) is 0 Å². The summed E-state index contributed by atoms with van der Waals surface area (Å²) in [6, 6.07) is 3.06. The number of halogens is 3. The molecule has 2 amide bonds. The minimum atomic E-state index is -5.13. The number of carboxylic acids is 1. The number of rotatable bonds is 3. The minimum Gasteiger partial charge on any atom is -0.478 e. The number of anilines is 2. The van der Waals surface area contributed by atoms with Gasteiger partial charge in [0.25, 0.3) is 0 Å². The highest BCUT2D eigenvalue weighted by Gasteiger charge is 2.39. The van der Waals surface area contributed by atoms with Crippen molar-refractivity contribution in [3.63, 3.8) is 0 Å². The third kappa shape index (κ3) is 3.97. The zero-order valence-electron chi connectivity index (χ0n) is 10.0. The zero-order chi connectivity index (χ0) is 15.5. The standard InChI is InChI=1S/C11H9F3N2O4/c1-5(17)15-6-2-3-8(7(4-6)9(18)19)16-10(20)11(12,13)14/h2-4H,1H3,(H,15,17)(H,16,20)(H,18,19). The van der Waals surface area contributed by atoms with Crippen LogP contribution >= 0.6 is 0 Å². The van der Waals surface area contributed by atoms with Gasteiger partial charge in [0.2, 0.25) is 5.91 Å². The molecule has 0 aliphatic heterocycles. The molecule has 9 heteroatoms. The number of hydrogen-bond donors (Lipinski definition) is 3. The third-order valence-electron chi connectivity index (χ3n) is 2.08. The summed E-state index contributed by atoms with van der Waals surface area (Å²) in [6.45, 7) is 1.18. The van der Waals surface area contributed by atoms with Crippen LogP contribution in [-0.2, 0) is 9.59 Å². The Labute approximate surface area is 110 Å². The first-order valence-corrected chi connectivity index (χ1v) is 5.14. The van der Waals surface area contributed by atoms with Crippen LogP contribution in [0.5, 0.6) is 0 Å². The van der Waals surface area contributed by atoms with Gasteiger partial charge in [-0.3, -0.25) is 9.59 Å². The molecule has 0 unspecified atom stereocenters. The number of carboxylic acid groups (broad SMARTS) is 1. The van der Waals surface area contributed by atoms with E-state index in [1.54, 1.807) is 0 Å². The molecular weight excluding hydrogens is 281 g/mol. The Hall–Kier alpha value is -2.58. The lowest BCUT2D eigenvalue weighted by atomic mass is 10.1. The van der Waals surface area contributed by atoms with E-state index >= 15 is 0 Å². The number of hydrogen-bond acceptors (Lipinski definition) is 3. The average Bonchev–Trinajstić information content (AvgIpc) is 2.28. The van der Waals surface area contributed by atoms with Crippen molar-refractivity contribution in [2.24, 2.45) is 0 Å². The maximum Gasteiger partial charge on any atom is 0.471 e. The van der Waals surface area contributed by atoms with E-state index in [4.69, 9.17) is 5.11 Å². The summed E-state index contributed by atoms with van der Waals surface area (Å²) in [4.78, 5) is 32.5. The Bertz CT molecular complexity index is 569. The van der Waals surface area contributed by atoms with E-state index in [-0.39, 0.29) is 5.69 Å². The van der Waals surface area contributed by atoms with Crippen LogP contribution in [0.1, 0.15) is 17.3 Å². The van der Waals surface area contributed by atoms with Crippen LogP contribution in [0.15, 0.2) is 18.2 Å². The molecule has 0 bridgehead atoms. The fourth-order valence-electron chi connectivity index (χ4n) is 1.30. The second-order valence-electron chi connectivity index (χ2n) is 3.70. The first-order valence-electron chi connectivity index (χ1n) is 5.14. The number of aromatic carboxylic acids is 1. The minimum absolute atomic E-state index is 0.0832. The molecule has 0 radical (unpaired) electrons. The van der Waals surface area contributed by atoms with Crippen LogP contribution in [0.2, 0.25) is 0 Å². The highest BCUT2D eigenvalue weighted by atomic mass is 19.4. The predicted molar refractivity (Wildman–Crippen MR) is 62.4 cm³/mol. The number of benzene rings is 1.